The van der Waals surface area contributed by atoms with Gasteiger partial charge in [-0.15, -0.1) is 0 Å². The number of fused-ring (bicyclic) bond motifs is 3. The highest BCUT2D eigenvalue weighted by Gasteiger charge is 2.42. The molecular formula is C21H20F3NO2. The molecule has 2 N–H and O–H groups in total. The van der Waals surface area contributed by atoms with E-state index in [4.69, 9.17) is 5.11 Å². The van der Waals surface area contributed by atoms with Gasteiger partial charge in [-0.25, -0.2) is 4.79 Å². The molecule has 1 fully saturated rings. The fraction of sp³-hybridized carbons (Fsp3) is 0.381. The van der Waals surface area contributed by atoms with Crippen LogP contribution in [0.15, 0.2) is 36.4 Å². The second-order valence-corrected chi connectivity index (χ2v) is 7.50. The third-order valence-corrected chi connectivity index (χ3v) is 5.93. The van der Waals surface area contributed by atoms with Crippen molar-refractivity contribution in [1.29, 1.82) is 0 Å². The molecule has 0 aromatic heterocycles. The van der Waals surface area contributed by atoms with Gasteiger partial charge in [-0.1, -0.05) is 24.6 Å². The average Bonchev–Trinajstić information content (AvgIpc) is 3.10. The zero-order valence-corrected chi connectivity index (χ0v) is 14.8. The van der Waals surface area contributed by atoms with E-state index >= 15 is 0 Å². The maximum Gasteiger partial charge on any atom is 0.416 e. The van der Waals surface area contributed by atoms with Crippen molar-refractivity contribution >= 4 is 11.7 Å². The third kappa shape index (κ3) is 3.07. The van der Waals surface area contributed by atoms with Gasteiger partial charge in [-0.2, -0.15) is 13.2 Å². The minimum atomic E-state index is -4.38. The molecule has 0 saturated heterocycles. The Bertz CT molecular complexity index is 890. The SMILES string of the molecule is Cc1cc2c(cc1C(F)(F)F)N[C@@H](c1ccc(C(=O)O)cc1)[C@H]1CCC[C@@H]21. The lowest BCUT2D eigenvalue weighted by molar-refractivity contribution is -0.138. The number of aromatic carboxylic acids is 1. The van der Waals surface area contributed by atoms with Crippen LogP contribution in [-0.4, -0.2) is 11.1 Å². The van der Waals surface area contributed by atoms with Crippen LogP contribution in [0.4, 0.5) is 18.9 Å². The van der Waals surface area contributed by atoms with Crippen molar-refractivity contribution in [2.75, 3.05) is 5.32 Å². The molecule has 1 saturated carbocycles. The molecule has 1 aliphatic heterocycles. The molecule has 2 aromatic carbocycles. The zero-order valence-electron chi connectivity index (χ0n) is 14.8. The molecule has 0 bridgehead atoms. The highest BCUT2D eigenvalue weighted by Crippen LogP contribution is 2.53. The van der Waals surface area contributed by atoms with Crippen LogP contribution < -0.4 is 5.32 Å². The number of carbonyl (C=O) groups is 1. The second kappa shape index (κ2) is 6.29. The van der Waals surface area contributed by atoms with Crippen molar-refractivity contribution in [2.24, 2.45) is 5.92 Å². The van der Waals surface area contributed by atoms with Crippen LogP contribution in [0.2, 0.25) is 0 Å². The molecule has 1 aliphatic carbocycles. The number of hydrogen-bond acceptors (Lipinski definition) is 2. The van der Waals surface area contributed by atoms with Crippen molar-refractivity contribution in [3.8, 4) is 0 Å². The van der Waals surface area contributed by atoms with E-state index in [1.807, 2.05) is 0 Å². The van der Waals surface area contributed by atoms with Crippen LogP contribution in [0, 0.1) is 12.8 Å². The first kappa shape index (κ1) is 17.9. The molecule has 2 aromatic rings. The largest absolute Gasteiger partial charge is 0.478 e. The van der Waals surface area contributed by atoms with Crippen molar-refractivity contribution < 1.29 is 23.1 Å². The van der Waals surface area contributed by atoms with Gasteiger partial charge in [0.1, 0.15) is 0 Å². The molecule has 0 spiro atoms. The molecule has 4 rings (SSSR count). The van der Waals surface area contributed by atoms with Gasteiger partial charge >= 0.3 is 12.1 Å². The van der Waals surface area contributed by atoms with Gasteiger partial charge in [-0.3, -0.25) is 0 Å². The van der Waals surface area contributed by atoms with E-state index in [0.29, 0.717) is 11.6 Å². The van der Waals surface area contributed by atoms with Crippen LogP contribution in [0.1, 0.15) is 63.8 Å². The quantitative estimate of drug-likeness (QED) is 0.701. The number of carboxylic acids is 1. The first-order valence-electron chi connectivity index (χ1n) is 9.07. The average molecular weight is 375 g/mol. The minimum absolute atomic E-state index is 0.114. The molecule has 6 heteroatoms. The number of rotatable bonds is 2. The first-order valence-corrected chi connectivity index (χ1v) is 9.07. The standard InChI is InChI=1S/C21H20F3NO2/c1-11-9-16-14-3-2-4-15(14)19(12-5-7-13(8-6-12)20(26)27)25-18(16)10-17(11)21(22,23)24/h5-10,14-15,19,25H,2-4H2,1H3,(H,26,27)/t14-,15+,19+/m1/s1. The number of halogens is 3. The highest BCUT2D eigenvalue weighted by molar-refractivity contribution is 5.87. The second-order valence-electron chi connectivity index (χ2n) is 7.50. The van der Waals surface area contributed by atoms with Crippen LogP contribution in [0.3, 0.4) is 0 Å². The van der Waals surface area contributed by atoms with Crippen LogP contribution in [0.25, 0.3) is 0 Å². The molecule has 142 valence electrons. The summed E-state index contributed by atoms with van der Waals surface area (Å²) < 4.78 is 40.0. The van der Waals surface area contributed by atoms with Crippen LogP contribution in [0.5, 0.6) is 0 Å². The Morgan fingerprint density at radius 1 is 1.15 bits per heavy atom. The number of hydrogen-bond donors (Lipinski definition) is 2. The van der Waals surface area contributed by atoms with Gasteiger partial charge in [0.15, 0.2) is 0 Å². The minimum Gasteiger partial charge on any atom is -0.478 e. The van der Waals surface area contributed by atoms with Gasteiger partial charge in [-0.05, 0) is 66.5 Å². The van der Waals surface area contributed by atoms with E-state index in [1.165, 1.54) is 13.0 Å². The molecule has 3 nitrogen and oxygen atoms in total. The number of anilines is 1. The van der Waals surface area contributed by atoms with Gasteiger partial charge < -0.3 is 10.4 Å². The van der Waals surface area contributed by atoms with E-state index in [9.17, 15) is 18.0 Å². The third-order valence-electron chi connectivity index (χ3n) is 5.93. The van der Waals surface area contributed by atoms with E-state index in [2.05, 4.69) is 5.32 Å². The maximum absolute atomic E-state index is 13.3. The summed E-state index contributed by atoms with van der Waals surface area (Å²) in [4.78, 5) is 11.1. The molecule has 1 heterocycles. The monoisotopic (exact) mass is 375 g/mol. The molecule has 0 unspecified atom stereocenters. The number of carboxylic acid groups (broad SMARTS) is 1. The zero-order chi connectivity index (χ0) is 19.3. The Morgan fingerprint density at radius 3 is 2.48 bits per heavy atom. The Morgan fingerprint density at radius 2 is 1.85 bits per heavy atom. The lowest BCUT2D eigenvalue weighted by Crippen LogP contribution is -2.29. The Labute approximate surface area is 155 Å². The highest BCUT2D eigenvalue weighted by atomic mass is 19.4. The van der Waals surface area contributed by atoms with Gasteiger partial charge in [0.05, 0.1) is 17.2 Å². The predicted octanol–water partition coefficient (Wildman–Crippen LogP) is 5.76. The summed E-state index contributed by atoms with van der Waals surface area (Å²) in [5.74, 6) is -0.469. The molecule has 0 amide bonds. The first-order chi connectivity index (χ1) is 12.8. The van der Waals surface area contributed by atoms with E-state index in [1.54, 1.807) is 30.3 Å². The van der Waals surface area contributed by atoms with Crippen molar-refractivity contribution in [3.63, 3.8) is 0 Å². The summed E-state index contributed by atoms with van der Waals surface area (Å²) in [5.41, 5.74) is 2.29. The number of alkyl halides is 3. The Kier molecular flexibility index (Phi) is 4.17. The van der Waals surface area contributed by atoms with Gasteiger partial charge in [0, 0.05) is 5.69 Å². The van der Waals surface area contributed by atoms with E-state index in [-0.39, 0.29) is 23.1 Å². The fourth-order valence-electron chi connectivity index (χ4n) is 4.68. The number of benzene rings is 2. The van der Waals surface area contributed by atoms with Crippen LogP contribution in [-0.2, 0) is 6.18 Å². The van der Waals surface area contributed by atoms with Gasteiger partial charge in [0.2, 0.25) is 0 Å². The normalized spacial score (nSPS) is 24.1. The summed E-state index contributed by atoms with van der Waals surface area (Å²) in [7, 11) is 0. The smallest absolute Gasteiger partial charge is 0.416 e. The van der Waals surface area contributed by atoms with Crippen molar-refractivity contribution in [2.45, 2.75) is 44.3 Å². The predicted molar refractivity (Wildman–Crippen MR) is 96.0 cm³/mol. The summed E-state index contributed by atoms with van der Waals surface area (Å²) in [6.45, 7) is 1.52. The maximum atomic E-state index is 13.3. The molecular weight excluding hydrogens is 355 g/mol. The lowest BCUT2D eigenvalue weighted by Gasteiger charge is -2.38. The fourth-order valence-corrected chi connectivity index (χ4v) is 4.68. The summed E-state index contributed by atoms with van der Waals surface area (Å²) in [5, 5.41) is 12.4. The number of aryl methyl sites for hydroxylation is 1. The van der Waals surface area contributed by atoms with Crippen molar-refractivity contribution in [3.05, 3.63) is 64.2 Å². The van der Waals surface area contributed by atoms with E-state index < -0.39 is 17.7 Å². The summed E-state index contributed by atoms with van der Waals surface area (Å²) in [6.07, 6.45) is -1.37. The Hall–Kier alpha value is -2.50. The van der Waals surface area contributed by atoms with Crippen molar-refractivity contribution in [1.82, 2.24) is 0 Å². The molecule has 2 aliphatic rings. The summed E-state index contributed by atoms with van der Waals surface area (Å²) >= 11 is 0. The van der Waals surface area contributed by atoms with Gasteiger partial charge in [0.25, 0.3) is 0 Å². The summed E-state index contributed by atoms with van der Waals surface area (Å²) in [6, 6.07) is 9.44. The Balaban J connectivity index is 1.76. The molecule has 3 atom stereocenters. The topological polar surface area (TPSA) is 49.3 Å². The molecule has 27 heavy (non-hydrogen) atoms. The lowest BCUT2D eigenvalue weighted by atomic mass is 9.76. The van der Waals surface area contributed by atoms with Crippen LogP contribution >= 0.6 is 0 Å². The molecule has 0 radical (unpaired) electrons. The number of nitrogens with one attached hydrogen (secondary N) is 1. The van der Waals surface area contributed by atoms with E-state index in [0.717, 1.165) is 30.4 Å².